The monoisotopic (exact) mass is 419 g/mol. The van der Waals surface area contributed by atoms with Crippen LogP contribution in [-0.2, 0) is 12.8 Å². The number of piperazine rings is 1. The smallest absolute Gasteiger partial charge is 0.264 e. The number of halogens is 1. The molecule has 132 valence electrons. The van der Waals surface area contributed by atoms with Gasteiger partial charge in [0, 0.05) is 41.7 Å². The van der Waals surface area contributed by atoms with Crippen molar-refractivity contribution in [3.8, 4) is 0 Å². The van der Waals surface area contributed by atoms with Crippen molar-refractivity contribution in [1.29, 1.82) is 0 Å². The number of fused-ring (bicyclic) bond motifs is 1. The lowest BCUT2D eigenvalue weighted by atomic mass is 10.1. The molecule has 25 heavy (non-hydrogen) atoms. The van der Waals surface area contributed by atoms with E-state index in [9.17, 15) is 4.79 Å². The Labute approximate surface area is 161 Å². The summed E-state index contributed by atoms with van der Waals surface area (Å²) in [5.41, 5.74) is 1.42. The second-order valence-electron chi connectivity index (χ2n) is 6.73. The molecule has 1 saturated heterocycles. The minimum atomic E-state index is 0.210. The highest BCUT2D eigenvalue weighted by Crippen LogP contribution is 2.30. The number of carbonyl (C=O) groups is 1. The van der Waals surface area contributed by atoms with Gasteiger partial charge in [-0.1, -0.05) is 6.42 Å². The van der Waals surface area contributed by atoms with Crippen LogP contribution in [0, 0.1) is 0 Å². The van der Waals surface area contributed by atoms with Crippen LogP contribution < -0.4 is 4.90 Å². The standard InChI is InChI=1S/C19H22BrN3OS/c20-15-6-7-18(21-13-15)22-8-10-23(11-9-22)19(24)17-12-14-4-2-1-3-5-16(14)25-17/h6-7,12-13H,1-5,8-11H2. The number of aryl methyl sites for hydroxylation is 2. The fourth-order valence-corrected chi connectivity index (χ4v) is 5.08. The molecule has 2 aromatic heterocycles. The van der Waals surface area contributed by atoms with E-state index in [0.29, 0.717) is 0 Å². The summed E-state index contributed by atoms with van der Waals surface area (Å²) in [6.45, 7) is 3.20. The van der Waals surface area contributed by atoms with E-state index >= 15 is 0 Å². The molecule has 0 saturated carbocycles. The first-order valence-corrected chi connectivity index (χ1v) is 10.6. The van der Waals surface area contributed by atoms with Crippen molar-refractivity contribution in [2.24, 2.45) is 0 Å². The SMILES string of the molecule is O=C(c1cc2c(s1)CCCCC2)N1CCN(c2ccc(Br)cn2)CC1. The Hall–Kier alpha value is -1.40. The quantitative estimate of drug-likeness (QED) is 0.686. The third-order valence-corrected chi connectivity index (χ3v) is 6.75. The summed E-state index contributed by atoms with van der Waals surface area (Å²) in [4.78, 5) is 24.0. The number of anilines is 1. The molecular weight excluding hydrogens is 398 g/mol. The Bertz CT molecular complexity index is 727. The Morgan fingerprint density at radius 1 is 1.08 bits per heavy atom. The highest BCUT2D eigenvalue weighted by Gasteiger charge is 2.25. The van der Waals surface area contributed by atoms with Crippen molar-refractivity contribution >= 4 is 39.0 Å². The van der Waals surface area contributed by atoms with Crippen molar-refractivity contribution in [3.63, 3.8) is 0 Å². The lowest BCUT2D eigenvalue weighted by molar-refractivity contribution is 0.0751. The molecule has 1 fully saturated rings. The highest BCUT2D eigenvalue weighted by molar-refractivity contribution is 9.10. The van der Waals surface area contributed by atoms with Gasteiger partial charge in [0.25, 0.3) is 5.91 Å². The second-order valence-corrected chi connectivity index (χ2v) is 8.79. The first kappa shape index (κ1) is 17.0. The number of amides is 1. The molecule has 0 N–H and O–H groups in total. The molecule has 1 amide bonds. The molecule has 0 spiro atoms. The number of pyridine rings is 1. The number of carbonyl (C=O) groups excluding carboxylic acids is 1. The molecule has 1 aliphatic heterocycles. The van der Waals surface area contributed by atoms with Gasteiger partial charge in [-0.15, -0.1) is 11.3 Å². The molecule has 0 radical (unpaired) electrons. The Balaban J connectivity index is 1.40. The molecule has 6 heteroatoms. The molecule has 0 atom stereocenters. The number of rotatable bonds is 2. The van der Waals surface area contributed by atoms with E-state index in [1.54, 1.807) is 11.3 Å². The predicted molar refractivity (Wildman–Crippen MR) is 106 cm³/mol. The molecule has 0 aromatic carbocycles. The summed E-state index contributed by atoms with van der Waals surface area (Å²) in [6, 6.07) is 6.20. The van der Waals surface area contributed by atoms with Crippen LogP contribution in [0.5, 0.6) is 0 Å². The number of hydrogen-bond acceptors (Lipinski definition) is 4. The number of nitrogens with zero attached hydrogens (tertiary/aromatic N) is 3. The number of thiophene rings is 1. The van der Waals surface area contributed by atoms with Gasteiger partial charge in [-0.2, -0.15) is 0 Å². The van der Waals surface area contributed by atoms with E-state index in [1.807, 2.05) is 23.2 Å². The van der Waals surface area contributed by atoms with E-state index in [4.69, 9.17) is 0 Å². The van der Waals surface area contributed by atoms with Gasteiger partial charge in [-0.3, -0.25) is 4.79 Å². The first-order chi connectivity index (χ1) is 12.2. The van der Waals surface area contributed by atoms with Crippen LogP contribution >= 0.6 is 27.3 Å². The number of aromatic nitrogens is 1. The van der Waals surface area contributed by atoms with E-state index in [1.165, 1.54) is 29.7 Å². The van der Waals surface area contributed by atoms with Gasteiger partial charge in [-0.05, 0) is 65.4 Å². The van der Waals surface area contributed by atoms with E-state index < -0.39 is 0 Å². The van der Waals surface area contributed by atoms with Gasteiger partial charge >= 0.3 is 0 Å². The number of hydrogen-bond donors (Lipinski definition) is 0. The summed E-state index contributed by atoms with van der Waals surface area (Å²) in [6.07, 6.45) is 7.96. The fourth-order valence-electron chi connectivity index (χ4n) is 3.62. The van der Waals surface area contributed by atoms with Crippen molar-refractivity contribution < 1.29 is 4.79 Å². The lowest BCUT2D eigenvalue weighted by Gasteiger charge is -2.35. The molecule has 4 nitrogen and oxygen atoms in total. The van der Waals surface area contributed by atoms with Crippen molar-refractivity contribution in [2.45, 2.75) is 32.1 Å². The molecular formula is C19H22BrN3OS. The van der Waals surface area contributed by atoms with Crippen molar-refractivity contribution in [3.05, 3.63) is 44.2 Å². The van der Waals surface area contributed by atoms with E-state index in [0.717, 1.165) is 54.2 Å². The lowest BCUT2D eigenvalue weighted by Crippen LogP contribution is -2.48. The van der Waals surface area contributed by atoms with Gasteiger partial charge in [0.15, 0.2) is 0 Å². The normalized spacial score (nSPS) is 18.0. The maximum absolute atomic E-state index is 12.9. The summed E-state index contributed by atoms with van der Waals surface area (Å²) in [5, 5.41) is 0. The second kappa shape index (κ2) is 7.46. The largest absolute Gasteiger partial charge is 0.353 e. The average Bonchev–Trinajstić information content (AvgIpc) is 2.92. The van der Waals surface area contributed by atoms with Crippen LogP contribution in [0.2, 0.25) is 0 Å². The molecule has 0 unspecified atom stereocenters. The molecule has 2 aliphatic rings. The summed E-state index contributed by atoms with van der Waals surface area (Å²) in [5.74, 6) is 1.19. The highest BCUT2D eigenvalue weighted by atomic mass is 79.9. The summed E-state index contributed by atoms with van der Waals surface area (Å²) in [7, 11) is 0. The van der Waals surface area contributed by atoms with Gasteiger partial charge < -0.3 is 9.80 Å². The molecule has 4 rings (SSSR count). The summed E-state index contributed by atoms with van der Waals surface area (Å²) < 4.78 is 0.988. The zero-order valence-corrected chi connectivity index (χ0v) is 16.6. The van der Waals surface area contributed by atoms with Gasteiger partial charge in [0.2, 0.25) is 0 Å². The fraction of sp³-hybridized carbons (Fsp3) is 0.474. The van der Waals surface area contributed by atoms with Crippen molar-refractivity contribution in [2.75, 3.05) is 31.1 Å². The third-order valence-electron chi connectivity index (χ3n) is 5.06. The average molecular weight is 420 g/mol. The van der Waals surface area contributed by atoms with Gasteiger partial charge in [-0.25, -0.2) is 4.98 Å². The van der Waals surface area contributed by atoms with Crippen molar-refractivity contribution in [1.82, 2.24) is 9.88 Å². The zero-order chi connectivity index (χ0) is 17.2. The molecule has 1 aliphatic carbocycles. The minimum Gasteiger partial charge on any atom is -0.353 e. The van der Waals surface area contributed by atoms with E-state index in [2.05, 4.69) is 31.9 Å². The van der Waals surface area contributed by atoms with Crippen LogP contribution in [-0.4, -0.2) is 42.0 Å². The maximum atomic E-state index is 12.9. The Kier molecular flexibility index (Phi) is 5.08. The zero-order valence-electron chi connectivity index (χ0n) is 14.2. The van der Waals surface area contributed by atoms with Crippen LogP contribution in [0.1, 0.15) is 39.4 Å². The Morgan fingerprint density at radius 2 is 1.88 bits per heavy atom. The first-order valence-electron chi connectivity index (χ1n) is 8.98. The van der Waals surface area contributed by atoms with Gasteiger partial charge in [0.05, 0.1) is 4.88 Å². The molecule has 3 heterocycles. The predicted octanol–water partition coefficient (Wildman–Crippen LogP) is 4.14. The Morgan fingerprint density at radius 3 is 2.64 bits per heavy atom. The van der Waals surface area contributed by atoms with Crippen LogP contribution in [0.25, 0.3) is 0 Å². The van der Waals surface area contributed by atoms with Crippen LogP contribution in [0.3, 0.4) is 0 Å². The minimum absolute atomic E-state index is 0.210. The topological polar surface area (TPSA) is 36.4 Å². The van der Waals surface area contributed by atoms with Crippen LogP contribution in [0.4, 0.5) is 5.82 Å². The third kappa shape index (κ3) is 3.75. The van der Waals surface area contributed by atoms with Crippen LogP contribution in [0.15, 0.2) is 28.9 Å². The summed E-state index contributed by atoms with van der Waals surface area (Å²) >= 11 is 5.15. The molecule has 2 aromatic rings. The molecule has 0 bridgehead atoms. The van der Waals surface area contributed by atoms with E-state index in [-0.39, 0.29) is 5.91 Å². The maximum Gasteiger partial charge on any atom is 0.264 e. The van der Waals surface area contributed by atoms with Gasteiger partial charge in [0.1, 0.15) is 5.82 Å².